The molecule has 1 amide bonds. The van der Waals surface area contributed by atoms with Crippen molar-refractivity contribution in [3.8, 4) is 6.07 Å². The maximum absolute atomic E-state index is 12.2. The normalized spacial score (nSPS) is 25.8. The fraction of sp³-hybridized carbons (Fsp3) is 0.846. The van der Waals surface area contributed by atoms with Crippen LogP contribution in [-0.2, 0) is 4.79 Å². The van der Waals surface area contributed by atoms with Gasteiger partial charge in [0.1, 0.15) is 6.04 Å². The average molecular weight is 237 g/mol. The highest BCUT2D eigenvalue weighted by atomic mass is 16.2. The van der Waals surface area contributed by atoms with Crippen LogP contribution in [0.15, 0.2) is 0 Å². The molecule has 1 rings (SSSR count). The summed E-state index contributed by atoms with van der Waals surface area (Å²) in [5, 5.41) is 8.93. The molecular weight excluding hydrogens is 214 g/mol. The van der Waals surface area contributed by atoms with Crippen molar-refractivity contribution in [1.82, 2.24) is 9.80 Å². The number of carbonyl (C=O) groups excluding carboxylic acids is 1. The van der Waals surface area contributed by atoms with Crippen LogP contribution in [0.25, 0.3) is 0 Å². The fourth-order valence-electron chi connectivity index (χ4n) is 3.16. The molecule has 1 atom stereocenters. The van der Waals surface area contributed by atoms with Gasteiger partial charge in [-0.2, -0.15) is 5.26 Å². The zero-order valence-electron chi connectivity index (χ0n) is 11.7. The van der Waals surface area contributed by atoms with Gasteiger partial charge in [0.05, 0.1) is 12.5 Å². The number of likely N-dealkylation sites (N-methyl/N-ethyl adjacent to an activating group) is 1. The third-order valence-electron chi connectivity index (χ3n) is 3.26. The highest BCUT2D eigenvalue weighted by Crippen LogP contribution is 2.33. The Hall–Kier alpha value is -1.08. The molecule has 0 saturated carbocycles. The van der Waals surface area contributed by atoms with Crippen molar-refractivity contribution < 1.29 is 4.79 Å². The molecule has 0 radical (unpaired) electrons. The van der Waals surface area contributed by atoms with Gasteiger partial charge in [0, 0.05) is 24.7 Å². The zero-order valence-corrected chi connectivity index (χ0v) is 11.7. The summed E-state index contributed by atoms with van der Waals surface area (Å²) >= 11 is 0. The Bertz CT molecular complexity index is 349. The van der Waals surface area contributed by atoms with E-state index in [1.165, 1.54) is 0 Å². The fourth-order valence-corrected chi connectivity index (χ4v) is 3.16. The van der Waals surface area contributed by atoms with E-state index < -0.39 is 0 Å². The van der Waals surface area contributed by atoms with Gasteiger partial charge in [-0.25, -0.2) is 0 Å². The molecule has 1 aliphatic heterocycles. The van der Waals surface area contributed by atoms with Gasteiger partial charge in [0.25, 0.3) is 0 Å². The van der Waals surface area contributed by atoms with Crippen LogP contribution in [-0.4, -0.2) is 46.4 Å². The molecule has 1 aliphatic rings. The van der Waals surface area contributed by atoms with E-state index in [0.717, 1.165) is 0 Å². The molecule has 96 valence electrons. The van der Waals surface area contributed by atoms with E-state index in [9.17, 15) is 4.79 Å². The molecule has 1 saturated heterocycles. The number of piperazine rings is 1. The first-order chi connectivity index (χ1) is 7.61. The maximum Gasteiger partial charge on any atom is 0.240 e. The van der Waals surface area contributed by atoms with E-state index in [1.54, 1.807) is 4.90 Å². The quantitative estimate of drug-likeness (QED) is 0.696. The molecule has 0 bridgehead atoms. The first-order valence-electron chi connectivity index (χ1n) is 6.02. The van der Waals surface area contributed by atoms with E-state index in [4.69, 9.17) is 5.26 Å². The lowest BCUT2D eigenvalue weighted by Gasteiger charge is -2.55. The topological polar surface area (TPSA) is 47.3 Å². The minimum Gasteiger partial charge on any atom is -0.343 e. The van der Waals surface area contributed by atoms with E-state index in [1.807, 2.05) is 7.05 Å². The van der Waals surface area contributed by atoms with Crippen LogP contribution in [0.4, 0.5) is 0 Å². The highest BCUT2D eigenvalue weighted by molar-refractivity contribution is 5.83. The summed E-state index contributed by atoms with van der Waals surface area (Å²) in [7, 11) is 1.81. The van der Waals surface area contributed by atoms with Crippen LogP contribution in [0, 0.1) is 11.3 Å². The van der Waals surface area contributed by atoms with Crippen LogP contribution in [0.1, 0.15) is 41.0 Å². The third kappa shape index (κ3) is 2.61. The summed E-state index contributed by atoms with van der Waals surface area (Å²) in [6, 6.07) is 1.81. The average Bonchev–Trinajstić information content (AvgIpc) is 2.10. The first kappa shape index (κ1) is 14.0. The SMILES string of the molecule is CN1CC(C)(C)N(C(C)(C)C)C(CC#N)C1=O. The first-order valence-corrected chi connectivity index (χ1v) is 6.02. The standard InChI is InChI=1S/C13H23N3O/c1-12(2,3)16-10(7-8-14)11(17)15(6)9-13(16,4)5/h10H,7,9H2,1-6H3. The Morgan fingerprint density at radius 3 is 2.41 bits per heavy atom. The van der Waals surface area contributed by atoms with Crippen molar-refractivity contribution in [3.63, 3.8) is 0 Å². The Labute approximate surface area is 104 Å². The second-order valence-electron chi connectivity index (χ2n) is 6.43. The number of rotatable bonds is 1. The van der Waals surface area contributed by atoms with Crippen LogP contribution < -0.4 is 0 Å². The summed E-state index contributed by atoms with van der Waals surface area (Å²) in [5.41, 5.74) is -0.232. The minimum atomic E-state index is -0.325. The predicted octanol–water partition coefficient (Wildman–Crippen LogP) is 1.62. The number of amides is 1. The Morgan fingerprint density at radius 1 is 1.47 bits per heavy atom. The van der Waals surface area contributed by atoms with Gasteiger partial charge in [0.2, 0.25) is 5.91 Å². The van der Waals surface area contributed by atoms with Crippen molar-refractivity contribution >= 4 is 5.91 Å². The molecule has 4 nitrogen and oxygen atoms in total. The highest BCUT2D eigenvalue weighted by Gasteiger charge is 2.48. The third-order valence-corrected chi connectivity index (χ3v) is 3.26. The molecule has 0 spiro atoms. The van der Waals surface area contributed by atoms with Crippen molar-refractivity contribution in [2.75, 3.05) is 13.6 Å². The van der Waals surface area contributed by atoms with Crippen LogP contribution in [0.3, 0.4) is 0 Å². The second kappa shape index (κ2) is 4.30. The summed E-state index contributed by atoms with van der Waals surface area (Å²) in [6.07, 6.45) is 0.254. The molecular formula is C13H23N3O. The number of nitrogens with zero attached hydrogens (tertiary/aromatic N) is 3. The van der Waals surface area contributed by atoms with E-state index in [-0.39, 0.29) is 29.4 Å². The minimum absolute atomic E-state index is 0.0563. The zero-order chi connectivity index (χ0) is 13.4. The molecule has 0 aromatic heterocycles. The van der Waals surface area contributed by atoms with E-state index >= 15 is 0 Å². The smallest absolute Gasteiger partial charge is 0.240 e. The second-order valence-corrected chi connectivity index (χ2v) is 6.43. The van der Waals surface area contributed by atoms with Crippen LogP contribution >= 0.6 is 0 Å². The van der Waals surface area contributed by atoms with Crippen molar-refractivity contribution in [2.24, 2.45) is 0 Å². The number of nitriles is 1. The number of hydrogen-bond donors (Lipinski definition) is 0. The molecule has 0 aromatic rings. The van der Waals surface area contributed by atoms with Crippen LogP contribution in [0.2, 0.25) is 0 Å². The van der Waals surface area contributed by atoms with Crippen molar-refractivity contribution in [3.05, 3.63) is 0 Å². The van der Waals surface area contributed by atoms with Gasteiger partial charge < -0.3 is 4.90 Å². The van der Waals surface area contributed by atoms with Gasteiger partial charge >= 0.3 is 0 Å². The summed E-state index contributed by atoms with van der Waals surface area (Å²) < 4.78 is 0. The predicted molar refractivity (Wildman–Crippen MR) is 67.3 cm³/mol. The van der Waals surface area contributed by atoms with E-state index in [2.05, 4.69) is 45.6 Å². The van der Waals surface area contributed by atoms with Gasteiger partial charge in [0.15, 0.2) is 0 Å². The molecule has 0 aliphatic carbocycles. The van der Waals surface area contributed by atoms with Gasteiger partial charge in [-0.1, -0.05) is 0 Å². The summed E-state index contributed by atoms with van der Waals surface area (Å²) in [5.74, 6) is 0.0563. The molecule has 1 fully saturated rings. The number of hydrogen-bond acceptors (Lipinski definition) is 3. The lowest BCUT2D eigenvalue weighted by Crippen LogP contribution is -2.70. The van der Waals surface area contributed by atoms with Crippen molar-refractivity contribution in [2.45, 2.75) is 58.2 Å². The summed E-state index contributed by atoms with van der Waals surface area (Å²) in [6.45, 7) is 11.2. The van der Waals surface area contributed by atoms with E-state index in [0.29, 0.717) is 6.54 Å². The van der Waals surface area contributed by atoms with Crippen LogP contribution in [0.5, 0.6) is 0 Å². The monoisotopic (exact) mass is 237 g/mol. The van der Waals surface area contributed by atoms with Gasteiger partial charge in [-0.05, 0) is 34.6 Å². The van der Waals surface area contributed by atoms with Gasteiger partial charge in [-0.15, -0.1) is 0 Å². The summed E-state index contributed by atoms with van der Waals surface area (Å²) in [4.78, 5) is 16.1. The van der Waals surface area contributed by atoms with Crippen molar-refractivity contribution in [1.29, 1.82) is 5.26 Å². The molecule has 0 aromatic carbocycles. The molecule has 4 heteroatoms. The molecule has 1 unspecified atom stereocenters. The molecule has 17 heavy (non-hydrogen) atoms. The number of carbonyl (C=O) groups is 1. The maximum atomic E-state index is 12.2. The Kier molecular flexibility index (Phi) is 3.54. The lowest BCUT2D eigenvalue weighted by molar-refractivity contribution is -0.155. The largest absolute Gasteiger partial charge is 0.343 e. The lowest BCUT2D eigenvalue weighted by atomic mass is 9.87. The van der Waals surface area contributed by atoms with Gasteiger partial charge in [-0.3, -0.25) is 9.69 Å². The molecule has 1 heterocycles. The molecule has 0 N–H and O–H groups in total. The Balaban J connectivity index is 3.18. The Morgan fingerprint density at radius 2 is 2.00 bits per heavy atom.